The smallest absolute Gasteiger partial charge is 0.495 e. The van der Waals surface area contributed by atoms with E-state index >= 15 is 0 Å². The van der Waals surface area contributed by atoms with Crippen LogP contribution in [-0.4, -0.2) is 23.7 Å². The number of rotatable bonds is 0. The zero-order valence-corrected chi connectivity index (χ0v) is 7.34. The van der Waals surface area contributed by atoms with Crippen molar-refractivity contribution < 1.29 is 18.0 Å². The minimum Gasteiger partial charge on any atom is -0.495 e. The highest BCUT2D eigenvalue weighted by Crippen LogP contribution is 2.09. The van der Waals surface area contributed by atoms with Crippen molar-refractivity contribution >= 4 is 17.5 Å². The topological polar surface area (TPSA) is 44.8 Å². The van der Waals surface area contributed by atoms with Crippen molar-refractivity contribution in [2.24, 2.45) is 0 Å². The Morgan fingerprint density at radius 3 is 2.56 bits per heavy atom. The van der Waals surface area contributed by atoms with Crippen LogP contribution in [0.25, 0.3) is 0 Å². The Morgan fingerprint density at radius 2 is 2.22 bits per heavy atom. The molecule has 0 aromatic rings. The zero-order valence-electron chi connectivity index (χ0n) is 5.34. The van der Waals surface area contributed by atoms with Crippen LogP contribution in [0.4, 0.5) is 0 Å². The highest BCUT2D eigenvalue weighted by molar-refractivity contribution is 6.71. The summed E-state index contributed by atoms with van der Waals surface area (Å²) in [5, 5.41) is 0. The molecule has 0 saturated carbocycles. The first-order valence-electron chi connectivity index (χ1n) is 2.63. The van der Waals surface area contributed by atoms with Crippen molar-refractivity contribution in [3.8, 4) is 0 Å². The predicted molar refractivity (Wildman–Crippen MR) is 32.0 cm³/mol. The molecule has 1 rings (SSSR count). The fraction of sp³-hybridized carbons (Fsp3) is 1.00. The molecule has 1 aliphatic heterocycles. The summed E-state index contributed by atoms with van der Waals surface area (Å²) in [7, 11) is -4.05. The van der Waals surface area contributed by atoms with Gasteiger partial charge in [0, 0.05) is 0 Å². The lowest BCUT2D eigenvalue weighted by Crippen LogP contribution is -2.44. The van der Waals surface area contributed by atoms with Gasteiger partial charge in [-0.1, -0.05) is 0 Å². The van der Waals surface area contributed by atoms with Gasteiger partial charge in [-0.25, -0.2) is 4.58 Å². The average molecular weight is 164 g/mol. The summed E-state index contributed by atoms with van der Waals surface area (Å²) in [5.74, 6) is 0. The molecule has 0 atom stereocenters. The summed E-state index contributed by atoms with van der Waals surface area (Å²) in [5.41, 5.74) is 0. The predicted octanol–water partition coefficient (Wildman–Crippen LogP) is 0.124. The second-order valence-corrected chi connectivity index (χ2v) is 7.40. The molecule has 0 amide bonds. The molecule has 1 fully saturated rings. The van der Waals surface area contributed by atoms with Gasteiger partial charge >= 0.3 is 9.17 Å². The standard InChI is InChI=1S/C3H8O4Si2/c1-9(2)3-5-8(4)6-7-9/h3H2,1-2H3. The van der Waals surface area contributed by atoms with Crippen molar-refractivity contribution in [1.29, 1.82) is 0 Å². The minimum absolute atomic E-state index is 0.463. The summed E-state index contributed by atoms with van der Waals surface area (Å²) in [6.45, 7) is 3.86. The van der Waals surface area contributed by atoms with E-state index in [9.17, 15) is 4.46 Å². The molecule has 0 bridgehead atoms. The summed E-state index contributed by atoms with van der Waals surface area (Å²) >= 11 is 0. The van der Waals surface area contributed by atoms with E-state index in [4.69, 9.17) is 9.00 Å². The van der Waals surface area contributed by atoms with Crippen LogP contribution >= 0.6 is 0 Å². The molecule has 52 valence electrons. The van der Waals surface area contributed by atoms with E-state index in [0.29, 0.717) is 6.23 Å². The molecule has 1 saturated heterocycles. The van der Waals surface area contributed by atoms with Gasteiger partial charge in [0.2, 0.25) is 0 Å². The Balaban J connectivity index is 2.44. The molecular formula is C3H8O4Si2. The first-order valence-corrected chi connectivity index (χ1v) is 6.97. The van der Waals surface area contributed by atoms with E-state index in [2.05, 4.69) is 4.58 Å². The minimum atomic E-state index is -2.30. The van der Waals surface area contributed by atoms with Crippen molar-refractivity contribution in [1.82, 2.24) is 0 Å². The molecule has 0 aromatic carbocycles. The molecule has 0 radical (unpaired) electrons. The molecule has 6 heteroatoms. The number of hydrogen-bond acceptors (Lipinski definition) is 4. The van der Waals surface area contributed by atoms with Gasteiger partial charge in [0.05, 0.1) is 6.23 Å². The van der Waals surface area contributed by atoms with Gasteiger partial charge in [-0.2, -0.15) is 0 Å². The highest BCUT2D eigenvalue weighted by Gasteiger charge is 2.35. The first kappa shape index (κ1) is 6.91. The second kappa shape index (κ2) is 2.20. The summed E-state index contributed by atoms with van der Waals surface area (Å²) in [6, 6.07) is 0. The summed E-state index contributed by atoms with van der Waals surface area (Å²) in [6.07, 6.45) is 0.463. The van der Waals surface area contributed by atoms with Crippen LogP contribution in [0.3, 0.4) is 0 Å². The van der Waals surface area contributed by atoms with Crippen LogP contribution in [0.1, 0.15) is 0 Å². The largest absolute Gasteiger partial charge is 0.800 e. The van der Waals surface area contributed by atoms with Crippen molar-refractivity contribution in [3.05, 3.63) is 0 Å². The average Bonchev–Trinajstić information content (AvgIpc) is 1.78. The van der Waals surface area contributed by atoms with E-state index in [0.717, 1.165) is 0 Å². The maximum Gasteiger partial charge on any atom is 0.800 e. The van der Waals surface area contributed by atoms with Gasteiger partial charge in [0.25, 0.3) is 8.32 Å². The third kappa shape index (κ3) is 1.88. The third-order valence-corrected chi connectivity index (χ3v) is 3.30. The fourth-order valence-corrected chi connectivity index (χ4v) is 3.56. The van der Waals surface area contributed by atoms with Crippen molar-refractivity contribution in [3.63, 3.8) is 0 Å². The maximum atomic E-state index is 10.4. The van der Waals surface area contributed by atoms with Gasteiger partial charge in [-0.3, -0.25) is 4.46 Å². The van der Waals surface area contributed by atoms with Gasteiger partial charge in [0.1, 0.15) is 0 Å². The molecule has 0 spiro atoms. The van der Waals surface area contributed by atoms with Crippen molar-refractivity contribution in [2.45, 2.75) is 13.1 Å². The van der Waals surface area contributed by atoms with E-state index in [-0.39, 0.29) is 0 Å². The van der Waals surface area contributed by atoms with Gasteiger partial charge < -0.3 is 9.00 Å². The van der Waals surface area contributed by atoms with Crippen molar-refractivity contribution in [2.75, 3.05) is 6.23 Å². The Labute approximate surface area is 55.7 Å². The van der Waals surface area contributed by atoms with Gasteiger partial charge in [-0.15, -0.1) is 0 Å². The van der Waals surface area contributed by atoms with Crippen LogP contribution in [0.2, 0.25) is 13.1 Å². The SMILES string of the molecule is C[Si]1(C)CO[Si](=O)OO1. The Bertz CT molecular complexity index is 122. The first-order chi connectivity index (χ1) is 4.10. The van der Waals surface area contributed by atoms with Gasteiger partial charge in [0.15, 0.2) is 0 Å². The van der Waals surface area contributed by atoms with E-state index < -0.39 is 17.5 Å². The van der Waals surface area contributed by atoms with Crippen LogP contribution in [0, 0.1) is 0 Å². The Morgan fingerprint density at radius 1 is 1.56 bits per heavy atom. The molecule has 1 aliphatic rings. The van der Waals surface area contributed by atoms with Crippen LogP contribution in [0.15, 0.2) is 0 Å². The van der Waals surface area contributed by atoms with E-state index in [1.807, 2.05) is 13.1 Å². The quantitative estimate of drug-likeness (QED) is 0.377. The molecule has 0 N–H and O–H groups in total. The zero-order chi connectivity index (χ0) is 6.91. The van der Waals surface area contributed by atoms with E-state index in [1.54, 1.807) is 0 Å². The molecule has 9 heavy (non-hydrogen) atoms. The number of hydrogen-bond donors (Lipinski definition) is 0. The van der Waals surface area contributed by atoms with Crippen LogP contribution in [-0.2, 0) is 18.0 Å². The summed E-state index contributed by atoms with van der Waals surface area (Å²) < 4.78 is 24.3. The summed E-state index contributed by atoms with van der Waals surface area (Å²) in [4.78, 5) is 0. The van der Waals surface area contributed by atoms with E-state index in [1.165, 1.54) is 0 Å². The molecule has 0 aliphatic carbocycles. The fourth-order valence-electron chi connectivity index (χ4n) is 0.428. The Hall–Kier alpha value is -0.206. The molecule has 0 unspecified atom stereocenters. The second-order valence-electron chi connectivity index (χ2n) is 2.47. The Kier molecular flexibility index (Phi) is 1.69. The lowest BCUT2D eigenvalue weighted by Gasteiger charge is -2.24. The molecule has 4 nitrogen and oxygen atoms in total. The van der Waals surface area contributed by atoms with Crippen LogP contribution in [0.5, 0.6) is 0 Å². The normalized spacial score (nSPS) is 24.4. The van der Waals surface area contributed by atoms with Gasteiger partial charge in [-0.05, 0) is 13.1 Å². The maximum absolute atomic E-state index is 10.4. The molecular weight excluding hydrogens is 156 g/mol. The van der Waals surface area contributed by atoms with Crippen LogP contribution < -0.4 is 0 Å². The lowest BCUT2D eigenvalue weighted by atomic mass is 11.7. The monoisotopic (exact) mass is 164 g/mol. The molecule has 1 heterocycles. The third-order valence-electron chi connectivity index (χ3n) is 0.873. The highest BCUT2D eigenvalue weighted by atomic mass is 28.4. The lowest BCUT2D eigenvalue weighted by molar-refractivity contribution is -0.160. The molecule has 0 aromatic heterocycles.